The van der Waals surface area contributed by atoms with Crippen LogP contribution in [-0.4, -0.2) is 39.5 Å². The van der Waals surface area contributed by atoms with Gasteiger partial charge in [-0.1, -0.05) is 43.0 Å². The van der Waals surface area contributed by atoms with Gasteiger partial charge in [0.15, 0.2) is 5.82 Å². The van der Waals surface area contributed by atoms with Crippen molar-refractivity contribution in [1.82, 2.24) is 20.1 Å². The molecule has 0 radical (unpaired) electrons. The monoisotopic (exact) mass is 548 g/mol. The molecular weight excluding hydrogens is 515 g/mol. The van der Waals surface area contributed by atoms with E-state index in [9.17, 15) is 4.79 Å². The second-order valence-electron chi connectivity index (χ2n) is 9.02. The number of benzene rings is 1. The van der Waals surface area contributed by atoms with Gasteiger partial charge >= 0.3 is 0 Å². The highest BCUT2D eigenvalue weighted by Crippen LogP contribution is 2.39. The number of nitrogens with two attached hydrogens (primary N) is 1. The van der Waals surface area contributed by atoms with E-state index in [0.717, 1.165) is 66.3 Å². The summed E-state index contributed by atoms with van der Waals surface area (Å²) in [6.45, 7) is 7.59. The number of aliphatic imine (C=N–C) groups is 1. The summed E-state index contributed by atoms with van der Waals surface area (Å²) in [5, 5.41) is 13.6. The van der Waals surface area contributed by atoms with Crippen LogP contribution in [0.3, 0.4) is 0 Å². The number of carbonyl (C=O) groups is 1. The minimum absolute atomic E-state index is 0. The predicted molar refractivity (Wildman–Crippen MR) is 150 cm³/mol. The first-order valence-corrected chi connectivity index (χ1v) is 13.4. The molecule has 1 aliphatic rings. The van der Waals surface area contributed by atoms with Crippen molar-refractivity contribution in [1.29, 1.82) is 0 Å². The molecule has 1 amide bonds. The lowest BCUT2D eigenvalue weighted by Crippen LogP contribution is -2.26. The van der Waals surface area contributed by atoms with Gasteiger partial charge < -0.3 is 11.1 Å². The normalized spacial score (nSPS) is 14.4. The molecule has 10 heteroatoms. The molecule has 1 unspecified atom stereocenters. The summed E-state index contributed by atoms with van der Waals surface area (Å²) >= 11 is 7.88. The zero-order valence-corrected chi connectivity index (χ0v) is 23.4. The largest absolute Gasteiger partial charge is 0.356 e. The van der Waals surface area contributed by atoms with Crippen LogP contribution in [0.4, 0.5) is 0 Å². The second-order valence-corrected chi connectivity index (χ2v) is 10.7. The molecule has 0 fully saturated rings. The number of carbonyl (C=O) groups excluding carboxylic acids is 1. The second kappa shape index (κ2) is 12.8. The number of unbranched alkanes of at least 4 members (excludes halogenated alkanes) is 4. The van der Waals surface area contributed by atoms with Gasteiger partial charge in [0.05, 0.1) is 12.1 Å². The first-order valence-electron chi connectivity index (χ1n) is 12.2. The lowest BCUT2D eigenvalue weighted by atomic mass is 9.99. The molecule has 0 bridgehead atoms. The Morgan fingerprint density at radius 1 is 1.08 bits per heavy atom. The van der Waals surface area contributed by atoms with E-state index in [4.69, 9.17) is 22.3 Å². The maximum Gasteiger partial charge on any atom is 0.222 e. The van der Waals surface area contributed by atoms with Gasteiger partial charge in [0.2, 0.25) is 5.91 Å². The van der Waals surface area contributed by atoms with E-state index in [0.29, 0.717) is 17.4 Å². The van der Waals surface area contributed by atoms with E-state index >= 15 is 0 Å². The highest BCUT2D eigenvalue weighted by Gasteiger charge is 2.32. The van der Waals surface area contributed by atoms with Crippen molar-refractivity contribution in [3.05, 3.63) is 62.5 Å². The lowest BCUT2D eigenvalue weighted by Gasteiger charge is -2.13. The Hall–Kier alpha value is -2.26. The number of thiophene rings is 1. The molecule has 0 aliphatic carbocycles. The Balaban J connectivity index is 0.00000361. The Labute approximate surface area is 228 Å². The van der Waals surface area contributed by atoms with Crippen molar-refractivity contribution in [3.63, 3.8) is 0 Å². The molecule has 2 aromatic heterocycles. The first kappa shape index (κ1) is 28.3. The van der Waals surface area contributed by atoms with Crippen LogP contribution in [0.15, 0.2) is 29.3 Å². The maximum absolute atomic E-state index is 12.9. The number of nitrogens with one attached hydrogen (secondary N) is 1. The molecule has 7 nitrogen and oxygen atoms in total. The van der Waals surface area contributed by atoms with Crippen molar-refractivity contribution in [2.45, 2.75) is 65.3 Å². The van der Waals surface area contributed by atoms with Crippen LogP contribution in [0.1, 0.15) is 77.8 Å². The summed E-state index contributed by atoms with van der Waals surface area (Å²) in [6.07, 6.45) is 5.63. The Morgan fingerprint density at radius 3 is 2.50 bits per heavy atom. The van der Waals surface area contributed by atoms with Gasteiger partial charge in [0, 0.05) is 27.6 Å². The molecule has 1 aliphatic heterocycles. The Kier molecular flexibility index (Phi) is 10.1. The van der Waals surface area contributed by atoms with Crippen LogP contribution < -0.4 is 11.1 Å². The molecule has 0 spiro atoms. The van der Waals surface area contributed by atoms with Crippen LogP contribution in [-0.2, 0) is 4.79 Å². The van der Waals surface area contributed by atoms with Crippen molar-refractivity contribution in [3.8, 4) is 5.00 Å². The zero-order valence-electron chi connectivity index (χ0n) is 21.0. The number of hydrogen-bond acceptors (Lipinski definition) is 6. The smallest absolute Gasteiger partial charge is 0.222 e. The standard InChI is InChI=1S/C26H33ClN6OS.ClH/c1-16-17(2)35-26-23(16)24(19-9-11-20(27)12-10-19)30-21(25-32-31-18(3)33(25)26)15-22(34)29-14-8-6-4-5-7-13-28;/h9-12,21H,4-8,13-15,28H2,1-3H3,(H,29,34);1H. The van der Waals surface area contributed by atoms with Gasteiger partial charge in [-0.25, -0.2) is 0 Å². The van der Waals surface area contributed by atoms with Gasteiger partial charge in [-0.15, -0.1) is 33.9 Å². The molecule has 3 aromatic rings. The van der Waals surface area contributed by atoms with Crippen molar-refractivity contribution in [2.75, 3.05) is 13.1 Å². The van der Waals surface area contributed by atoms with E-state index in [1.54, 1.807) is 11.3 Å². The van der Waals surface area contributed by atoms with Crippen LogP contribution in [0.5, 0.6) is 0 Å². The minimum Gasteiger partial charge on any atom is -0.356 e. The van der Waals surface area contributed by atoms with Gasteiger partial charge in [-0.2, -0.15) is 0 Å². The fourth-order valence-corrected chi connectivity index (χ4v) is 5.75. The van der Waals surface area contributed by atoms with E-state index < -0.39 is 6.04 Å². The van der Waals surface area contributed by atoms with Crippen LogP contribution in [0, 0.1) is 20.8 Å². The summed E-state index contributed by atoms with van der Waals surface area (Å²) in [5.74, 6) is 1.46. The summed E-state index contributed by atoms with van der Waals surface area (Å²) < 4.78 is 2.07. The topological polar surface area (TPSA) is 98.2 Å². The van der Waals surface area contributed by atoms with Gasteiger partial charge in [0.25, 0.3) is 0 Å². The van der Waals surface area contributed by atoms with Crippen molar-refractivity contribution < 1.29 is 4.79 Å². The third-order valence-corrected chi connectivity index (χ3v) is 7.88. The van der Waals surface area contributed by atoms with Gasteiger partial charge in [-0.05, 0) is 57.9 Å². The number of fused-ring (bicyclic) bond motifs is 3. The average Bonchev–Trinajstić information content (AvgIpc) is 3.31. The Morgan fingerprint density at radius 2 is 1.78 bits per heavy atom. The zero-order chi connectivity index (χ0) is 24.9. The quantitative estimate of drug-likeness (QED) is 0.320. The Bertz CT molecular complexity index is 1220. The van der Waals surface area contributed by atoms with Crippen LogP contribution in [0.25, 0.3) is 5.00 Å². The molecule has 1 aromatic carbocycles. The van der Waals surface area contributed by atoms with Gasteiger partial charge in [-0.3, -0.25) is 14.4 Å². The fourth-order valence-electron chi connectivity index (χ4n) is 4.41. The van der Waals surface area contributed by atoms with E-state index in [2.05, 4.69) is 33.9 Å². The molecular formula is C26H34Cl2N6OS. The molecule has 3 N–H and O–H groups in total. The number of aryl methyl sites for hydroxylation is 2. The van der Waals surface area contributed by atoms with Crippen molar-refractivity contribution >= 4 is 47.0 Å². The third kappa shape index (κ3) is 6.17. The molecule has 3 heterocycles. The highest BCUT2D eigenvalue weighted by atomic mass is 35.5. The SMILES string of the molecule is Cc1sc2c(c1C)C(c1ccc(Cl)cc1)=NC(CC(=O)NCCCCCCCN)c1nnc(C)n1-2.Cl. The third-order valence-electron chi connectivity index (χ3n) is 6.44. The number of rotatable bonds is 10. The summed E-state index contributed by atoms with van der Waals surface area (Å²) in [7, 11) is 0. The molecule has 194 valence electrons. The van der Waals surface area contributed by atoms with Crippen molar-refractivity contribution in [2.24, 2.45) is 10.7 Å². The summed E-state index contributed by atoms with van der Waals surface area (Å²) in [5.41, 5.74) is 9.63. The number of aromatic nitrogens is 3. The van der Waals surface area contributed by atoms with Gasteiger partial charge in [0.1, 0.15) is 16.9 Å². The molecule has 4 rings (SSSR count). The number of hydrogen-bond donors (Lipinski definition) is 2. The van der Waals surface area contributed by atoms with E-state index in [1.165, 1.54) is 10.4 Å². The maximum atomic E-state index is 12.9. The lowest BCUT2D eigenvalue weighted by molar-refractivity contribution is -0.121. The van der Waals surface area contributed by atoms with Crippen LogP contribution in [0.2, 0.25) is 5.02 Å². The molecule has 0 saturated heterocycles. The minimum atomic E-state index is -0.439. The predicted octanol–water partition coefficient (Wildman–Crippen LogP) is 5.64. The first-order chi connectivity index (χ1) is 16.9. The molecule has 0 saturated carbocycles. The molecule has 1 atom stereocenters. The summed E-state index contributed by atoms with van der Waals surface area (Å²) in [4.78, 5) is 19.3. The number of amides is 1. The number of halogens is 2. The average molecular weight is 550 g/mol. The summed E-state index contributed by atoms with van der Waals surface area (Å²) in [6, 6.07) is 7.28. The van der Waals surface area contributed by atoms with Crippen LogP contribution >= 0.6 is 35.3 Å². The fraction of sp³-hybridized carbons (Fsp3) is 0.462. The highest BCUT2D eigenvalue weighted by molar-refractivity contribution is 7.15. The van der Waals surface area contributed by atoms with E-state index in [1.807, 2.05) is 31.2 Å². The molecule has 36 heavy (non-hydrogen) atoms. The number of nitrogens with zero attached hydrogens (tertiary/aromatic N) is 4. The van der Waals surface area contributed by atoms with E-state index in [-0.39, 0.29) is 24.7 Å².